The Morgan fingerprint density at radius 1 is 0.828 bits per heavy atom. The molecule has 1 aliphatic rings. The van der Waals surface area contributed by atoms with E-state index in [1.165, 1.54) is 6.92 Å². The standard InChI is InChI=1S/C41H64N8O9/c1-9-31(10-2)49-24-34(46-47-49)30-14-12-29(13-15-30)26-57-40(55)58-41(8,11-3)38(53)32(20-27(4)5)44-36(51)23-43-39(54)33(21-28(6)7)45-35(50)22-42-37(52)25-48-16-18-56-19-17-48/h12-15,24,27-28,31-33H,9-11,16-23,25-26H2,1-8H3,(H,42,52)(H,43,54)(H,44,51)(H,45,50)/t32-,33-,41+/m0/s1. The van der Waals surface area contributed by atoms with Crippen LogP contribution >= 0.6 is 0 Å². The van der Waals surface area contributed by atoms with E-state index >= 15 is 0 Å². The number of ketones is 1. The van der Waals surface area contributed by atoms with Gasteiger partial charge in [0, 0.05) is 18.7 Å². The molecule has 0 unspecified atom stereocenters. The summed E-state index contributed by atoms with van der Waals surface area (Å²) in [5.74, 6) is -2.62. The fraction of sp³-hybridized carbons (Fsp3) is 0.659. The molecule has 1 saturated heterocycles. The van der Waals surface area contributed by atoms with E-state index in [0.29, 0.717) is 31.9 Å². The largest absolute Gasteiger partial charge is 0.509 e. The van der Waals surface area contributed by atoms with Crippen LogP contribution in [-0.4, -0.2) is 119 Å². The zero-order valence-corrected chi connectivity index (χ0v) is 35.4. The average Bonchev–Trinajstić information content (AvgIpc) is 3.68. The smallest absolute Gasteiger partial charge is 0.429 e. The van der Waals surface area contributed by atoms with Gasteiger partial charge in [0.05, 0.1) is 51.1 Å². The van der Waals surface area contributed by atoms with Crippen LogP contribution in [0, 0.1) is 11.8 Å². The lowest BCUT2D eigenvalue weighted by atomic mass is 9.88. The van der Waals surface area contributed by atoms with E-state index in [2.05, 4.69) is 45.4 Å². The van der Waals surface area contributed by atoms with Crippen molar-refractivity contribution in [2.24, 2.45) is 11.8 Å². The third-order valence-corrected chi connectivity index (χ3v) is 10.00. The van der Waals surface area contributed by atoms with E-state index in [-0.39, 0.29) is 62.7 Å². The Hall–Kier alpha value is -4.90. The molecule has 58 heavy (non-hydrogen) atoms. The maximum atomic E-state index is 13.9. The van der Waals surface area contributed by atoms with Crippen molar-refractivity contribution >= 4 is 35.6 Å². The topological polar surface area (TPSA) is 212 Å². The lowest BCUT2D eigenvalue weighted by Gasteiger charge is -2.31. The molecule has 17 nitrogen and oxygen atoms in total. The van der Waals surface area contributed by atoms with E-state index in [9.17, 15) is 28.8 Å². The number of ether oxygens (including phenoxy) is 3. The Bertz CT molecular complexity index is 1650. The molecule has 1 fully saturated rings. The molecule has 1 aromatic carbocycles. The summed E-state index contributed by atoms with van der Waals surface area (Å²) in [6, 6.07) is 5.62. The van der Waals surface area contributed by atoms with E-state index < -0.39 is 53.9 Å². The maximum Gasteiger partial charge on any atom is 0.509 e. The van der Waals surface area contributed by atoms with E-state index in [1.807, 2.05) is 67.7 Å². The normalized spacial score (nSPS) is 15.3. The predicted octanol–water partition coefficient (Wildman–Crippen LogP) is 3.32. The second-order valence-electron chi connectivity index (χ2n) is 15.7. The number of benzene rings is 1. The predicted molar refractivity (Wildman–Crippen MR) is 216 cm³/mol. The number of hydrogen-bond acceptors (Lipinski definition) is 12. The molecule has 4 N–H and O–H groups in total. The minimum Gasteiger partial charge on any atom is -0.429 e. The van der Waals surface area contributed by atoms with Gasteiger partial charge in [0.15, 0.2) is 11.4 Å². The van der Waals surface area contributed by atoms with Crippen molar-refractivity contribution in [3.05, 3.63) is 36.0 Å². The molecular formula is C41H64N8O9. The zero-order valence-electron chi connectivity index (χ0n) is 35.4. The second kappa shape index (κ2) is 23.5. The fourth-order valence-corrected chi connectivity index (χ4v) is 6.43. The SMILES string of the molecule is CCC(CC)n1cc(-c2ccc(COC(=O)O[C@](C)(CC)C(=O)[C@H](CC(C)C)NC(=O)CNC(=O)[C@H](CC(C)C)NC(=O)CNC(=O)CN3CCOCC3)cc2)nn1. The lowest BCUT2D eigenvalue weighted by Crippen LogP contribution is -2.55. The van der Waals surface area contributed by atoms with Crippen molar-refractivity contribution in [2.75, 3.05) is 45.9 Å². The van der Waals surface area contributed by atoms with Crippen LogP contribution in [0.1, 0.15) is 99.1 Å². The highest BCUT2D eigenvalue weighted by Gasteiger charge is 2.41. The van der Waals surface area contributed by atoms with Gasteiger partial charge < -0.3 is 35.5 Å². The number of carbonyl (C=O) groups excluding carboxylic acids is 6. The minimum atomic E-state index is -1.62. The second-order valence-corrected chi connectivity index (χ2v) is 15.7. The van der Waals surface area contributed by atoms with Crippen molar-refractivity contribution < 1.29 is 43.0 Å². The number of rotatable bonds is 23. The first-order chi connectivity index (χ1) is 27.6. The highest BCUT2D eigenvalue weighted by Crippen LogP contribution is 2.24. The summed E-state index contributed by atoms with van der Waals surface area (Å²) in [7, 11) is 0. The number of nitrogens with one attached hydrogen (secondary N) is 4. The Kier molecular flexibility index (Phi) is 19.2. The molecule has 0 bridgehead atoms. The van der Waals surface area contributed by atoms with Crippen LogP contribution in [0.3, 0.4) is 0 Å². The van der Waals surface area contributed by atoms with Crippen molar-refractivity contribution in [3.63, 3.8) is 0 Å². The molecule has 2 heterocycles. The van der Waals surface area contributed by atoms with Crippen molar-refractivity contribution in [2.45, 2.75) is 118 Å². The highest BCUT2D eigenvalue weighted by atomic mass is 16.7. The Morgan fingerprint density at radius 3 is 2.00 bits per heavy atom. The molecule has 0 saturated carbocycles. The molecule has 1 aromatic heterocycles. The van der Waals surface area contributed by atoms with Crippen LogP contribution in [0.4, 0.5) is 4.79 Å². The van der Waals surface area contributed by atoms with Gasteiger partial charge in [-0.3, -0.25) is 28.9 Å². The first-order valence-electron chi connectivity index (χ1n) is 20.4. The summed E-state index contributed by atoms with van der Waals surface area (Å²) in [6.07, 6.45) is 3.42. The molecule has 3 rings (SSSR count). The van der Waals surface area contributed by atoms with Gasteiger partial charge in [-0.25, -0.2) is 9.48 Å². The van der Waals surface area contributed by atoms with Crippen LogP contribution in [0.25, 0.3) is 11.3 Å². The Balaban J connectivity index is 1.53. The molecule has 0 radical (unpaired) electrons. The molecular weight excluding hydrogens is 748 g/mol. The van der Waals surface area contributed by atoms with Gasteiger partial charge in [0.2, 0.25) is 23.6 Å². The van der Waals surface area contributed by atoms with Gasteiger partial charge in [-0.05, 0) is 56.4 Å². The van der Waals surface area contributed by atoms with Crippen LogP contribution in [0.15, 0.2) is 30.5 Å². The molecule has 0 aliphatic carbocycles. The summed E-state index contributed by atoms with van der Waals surface area (Å²) in [5.41, 5.74) is 0.678. The summed E-state index contributed by atoms with van der Waals surface area (Å²) >= 11 is 0. The number of hydrogen-bond donors (Lipinski definition) is 4. The first kappa shape index (κ1) is 47.5. The fourth-order valence-electron chi connectivity index (χ4n) is 6.43. The summed E-state index contributed by atoms with van der Waals surface area (Å²) < 4.78 is 18.2. The number of Topliss-reactive ketones (excluding diaryl/α,β-unsaturated/α-hetero) is 1. The van der Waals surface area contributed by atoms with Crippen molar-refractivity contribution in [1.82, 2.24) is 41.2 Å². The Labute approximate surface area is 342 Å². The first-order valence-corrected chi connectivity index (χ1v) is 20.4. The average molecular weight is 813 g/mol. The van der Waals surface area contributed by atoms with E-state index in [0.717, 1.165) is 24.1 Å². The monoisotopic (exact) mass is 812 g/mol. The molecule has 4 amide bonds. The van der Waals surface area contributed by atoms with Crippen LogP contribution in [0.5, 0.6) is 0 Å². The van der Waals surface area contributed by atoms with Crippen molar-refractivity contribution in [1.29, 1.82) is 0 Å². The van der Waals surface area contributed by atoms with E-state index in [1.54, 1.807) is 6.92 Å². The molecule has 322 valence electrons. The molecule has 1 aliphatic heterocycles. The van der Waals surface area contributed by atoms with Crippen LogP contribution < -0.4 is 21.3 Å². The van der Waals surface area contributed by atoms with Gasteiger partial charge in [0.1, 0.15) is 18.3 Å². The summed E-state index contributed by atoms with van der Waals surface area (Å²) in [6.45, 7) is 16.5. The van der Waals surface area contributed by atoms with Gasteiger partial charge >= 0.3 is 6.16 Å². The molecule has 17 heteroatoms. The zero-order chi connectivity index (χ0) is 42.8. The third-order valence-electron chi connectivity index (χ3n) is 10.00. The number of aromatic nitrogens is 3. The van der Waals surface area contributed by atoms with Gasteiger partial charge in [-0.1, -0.05) is 77.9 Å². The number of carbonyl (C=O) groups is 6. The van der Waals surface area contributed by atoms with Crippen LogP contribution in [0.2, 0.25) is 0 Å². The van der Waals surface area contributed by atoms with Crippen LogP contribution in [-0.2, 0) is 44.8 Å². The van der Waals surface area contributed by atoms with E-state index in [4.69, 9.17) is 14.2 Å². The quantitative estimate of drug-likeness (QED) is 0.119. The maximum absolute atomic E-state index is 13.9. The molecule has 2 aromatic rings. The number of amides is 4. The summed E-state index contributed by atoms with van der Waals surface area (Å²) in [4.78, 5) is 80.1. The van der Waals surface area contributed by atoms with Gasteiger partial charge in [-0.2, -0.15) is 0 Å². The molecule has 0 spiro atoms. The van der Waals surface area contributed by atoms with Crippen molar-refractivity contribution in [3.8, 4) is 11.3 Å². The van der Waals surface area contributed by atoms with Gasteiger partial charge in [-0.15, -0.1) is 5.10 Å². The number of nitrogens with zero attached hydrogens (tertiary/aromatic N) is 4. The third kappa shape index (κ3) is 15.5. The van der Waals surface area contributed by atoms with Gasteiger partial charge in [0.25, 0.3) is 0 Å². The highest BCUT2D eigenvalue weighted by molar-refractivity contribution is 5.97. The molecule has 3 atom stereocenters. The number of morpholine rings is 1. The summed E-state index contributed by atoms with van der Waals surface area (Å²) in [5, 5.41) is 19.0. The lowest BCUT2D eigenvalue weighted by molar-refractivity contribution is -0.143. The minimum absolute atomic E-state index is 0.0196. The Morgan fingerprint density at radius 2 is 1.41 bits per heavy atom.